The van der Waals surface area contributed by atoms with E-state index in [4.69, 9.17) is 58.6 Å². The van der Waals surface area contributed by atoms with E-state index in [1.807, 2.05) is 24.3 Å². The van der Waals surface area contributed by atoms with E-state index < -0.39 is 41.4 Å². The summed E-state index contributed by atoms with van der Waals surface area (Å²) in [6.07, 6.45) is 13.3. The SMILES string of the molecule is COc1cc(Cl)c(C(=O)N[C@@H](CNC2CCC(NCCOCCOCCOCCOCCOCCOCCOCCOCCNC(=O)CCNC(=O)c3nc(NC(=O)CCNC(=O)c4cc(NC(=O)c5nc(NC(=O)CCNC(=O)c6cc(NC(=O)c7nccn7C)cn6C)cn5C)cn4C)cn3C)CC2)Cc2ccc(C#N)cc2)cc1-c1ccc(CN[C@H](C)c2ccc(C)cc2)o1. The zero-order valence-electron chi connectivity index (χ0n) is 76.4. The van der Waals surface area contributed by atoms with Crippen molar-refractivity contribution in [2.45, 2.75) is 95.9 Å². The number of anilines is 4. The second-order valence-electron chi connectivity index (χ2n) is 31.6. The van der Waals surface area contributed by atoms with Gasteiger partial charge in [-0.2, -0.15) is 5.26 Å². The van der Waals surface area contributed by atoms with Gasteiger partial charge in [0, 0.05) is 161 Å². The number of hydrogen-bond donors (Lipinski definition) is 12. The maximum atomic E-state index is 14.2. The Kier molecular flexibility index (Phi) is 42.0. The highest BCUT2D eigenvalue weighted by atomic mass is 35.5. The van der Waals surface area contributed by atoms with E-state index in [-0.39, 0.29) is 133 Å². The number of aromatic nitrogens is 8. The van der Waals surface area contributed by atoms with Crippen molar-refractivity contribution in [3.8, 4) is 23.1 Å². The molecule has 1 saturated carbocycles. The van der Waals surface area contributed by atoms with Crippen molar-refractivity contribution in [3.63, 3.8) is 0 Å². The lowest BCUT2D eigenvalue weighted by atomic mass is 9.91. The average Bonchev–Trinajstić information content (AvgIpc) is 1.66. The van der Waals surface area contributed by atoms with Crippen LogP contribution < -0.4 is 68.5 Å². The van der Waals surface area contributed by atoms with E-state index in [2.05, 4.69) is 123 Å². The third-order valence-electron chi connectivity index (χ3n) is 21.4. The summed E-state index contributed by atoms with van der Waals surface area (Å²) in [6, 6.07) is 28.6. The first-order valence-corrected chi connectivity index (χ1v) is 44.6. The van der Waals surface area contributed by atoms with Gasteiger partial charge in [0.2, 0.25) is 29.4 Å². The van der Waals surface area contributed by atoms with E-state index in [0.29, 0.717) is 159 Å². The number of furan rings is 1. The molecule has 2 atom stereocenters. The fourth-order valence-electron chi connectivity index (χ4n) is 14.2. The molecule has 1 aliphatic rings. The molecule has 133 heavy (non-hydrogen) atoms. The zero-order valence-corrected chi connectivity index (χ0v) is 77.2. The van der Waals surface area contributed by atoms with Crippen LogP contribution in [-0.4, -0.2) is 261 Å². The van der Waals surface area contributed by atoms with Gasteiger partial charge in [-0.3, -0.25) is 43.2 Å². The summed E-state index contributed by atoms with van der Waals surface area (Å²) in [5, 5.41) is 45.2. The van der Waals surface area contributed by atoms with Crippen LogP contribution in [0.4, 0.5) is 23.0 Å². The predicted molar refractivity (Wildman–Crippen MR) is 494 cm³/mol. The Morgan fingerprint density at radius 1 is 0.504 bits per heavy atom. The first kappa shape index (κ1) is 103. The summed E-state index contributed by atoms with van der Waals surface area (Å²) in [4.78, 5) is 130. The number of rotatable bonds is 59. The summed E-state index contributed by atoms with van der Waals surface area (Å²) in [5.41, 5.74) is 5.90. The van der Waals surface area contributed by atoms with Gasteiger partial charge in [-0.15, -0.1) is 0 Å². The molecule has 3 aromatic carbocycles. The van der Waals surface area contributed by atoms with E-state index in [9.17, 15) is 48.4 Å². The molecule has 716 valence electrons. The molecular weight excluding hydrogens is 1740 g/mol. The van der Waals surface area contributed by atoms with Crippen LogP contribution in [0, 0.1) is 18.3 Å². The third kappa shape index (κ3) is 34.2. The van der Waals surface area contributed by atoms with Crippen molar-refractivity contribution in [2.24, 2.45) is 35.2 Å². The first-order valence-electron chi connectivity index (χ1n) is 44.2. The van der Waals surface area contributed by atoms with Crippen molar-refractivity contribution >= 4 is 87.8 Å². The Balaban J connectivity index is 0.468. The monoisotopic (exact) mass is 1860 g/mol. The number of carbonyl (C=O) groups is 9. The van der Waals surface area contributed by atoms with E-state index in [1.165, 1.54) is 66.3 Å². The van der Waals surface area contributed by atoms with Gasteiger partial charge in [-0.25, -0.2) is 15.0 Å². The minimum atomic E-state index is -0.641. The summed E-state index contributed by atoms with van der Waals surface area (Å²) >= 11 is 6.81. The molecule has 6 aromatic heterocycles. The maximum Gasteiger partial charge on any atom is 0.291 e. The largest absolute Gasteiger partial charge is 0.496 e. The summed E-state index contributed by atoms with van der Waals surface area (Å²) in [7, 11) is 9.61. The lowest BCUT2D eigenvalue weighted by molar-refractivity contribution is -0.121. The zero-order chi connectivity index (χ0) is 94.8. The summed E-state index contributed by atoms with van der Waals surface area (Å²) < 4.78 is 64.4. The number of nitrogens with zero attached hydrogens (tertiary/aromatic N) is 9. The summed E-state index contributed by atoms with van der Waals surface area (Å²) in [5.74, 6) is -2.20. The van der Waals surface area contributed by atoms with Crippen LogP contribution in [0.5, 0.6) is 5.75 Å². The van der Waals surface area contributed by atoms with Gasteiger partial charge < -0.3 is 134 Å². The van der Waals surface area contributed by atoms with E-state index >= 15 is 0 Å². The molecule has 0 aliphatic heterocycles. The van der Waals surface area contributed by atoms with Crippen LogP contribution in [0.3, 0.4) is 0 Å². The molecule has 9 amide bonds. The molecule has 0 bridgehead atoms. The topological polar surface area (TPSA) is 481 Å². The highest BCUT2D eigenvalue weighted by molar-refractivity contribution is 6.34. The minimum Gasteiger partial charge on any atom is -0.496 e. The van der Waals surface area contributed by atoms with Crippen LogP contribution in [-0.2, 0) is 100 Å². The number of nitrogens with one attached hydrogen (secondary N) is 12. The van der Waals surface area contributed by atoms with Gasteiger partial charge in [0.1, 0.15) is 28.7 Å². The number of imidazole rings is 3. The number of halogens is 1. The van der Waals surface area contributed by atoms with Crippen LogP contribution in [0.1, 0.15) is 149 Å². The average molecular weight is 1860 g/mol. The smallest absolute Gasteiger partial charge is 0.291 e. The van der Waals surface area contributed by atoms with Gasteiger partial charge >= 0.3 is 0 Å². The third-order valence-corrected chi connectivity index (χ3v) is 21.7. The van der Waals surface area contributed by atoms with Gasteiger partial charge in [0.25, 0.3) is 35.4 Å². The van der Waals surface area contributed by atoms with Crippen LogP contribution in [0.2, 0.25) is 5.02 Å². The Hall–Kier alpha value is -12.5. The van der Waals surface area contributed by atoms with E-state index in [0.717, 1.165) is 43.6 Å². The number of methoxy groups -OCH3 is 1. The molecular formula is C92H122ClN21O19. The molecule has 1 aliphatic carbocycles. The fourth-order valence-corrected chi connectivity index (χ4v) is 14.4. The lowest BCUT2D eigenvalue weighted by Gasteiger charge is -2.31. The second kappa shape index (κ2) is 54.5. The Bertz CT molecular complexity index is 5300. The number of hydrogen-bond acceptors (Lipinski definition) is 26. The molecule has 12 N–H and O–H groups in total. The van der Waals surface area contributed by atoms with Crippen LogP contribution in [0.25, 0.3) is 11.3 Å². The second-order valence-corrected chi connectivity index (χ2v) is 32.0. The van der Waals surface area contributed by atoms with E-state index in [1.54, 1.807) is 83.6 Å². The van der Waals surface area contributed by atoms with Crippen LogP contribution >= 0.6 is 11.6 Å². The van der Waals surface area contributed by atoms with Crippen molar-refractivity contribution in [1.29, 1.82) is 5.26 Å². The number of ether oxygens (including phenoxy) is 9. The minimum absolute atomic E-state index is 0.00709. The normalized spacial score (nSPS) is 13.5. The van der Waals surface area contributed by atoms with Crippen LogP contribution in [0.15, 0.2) is 127 Å². The Morgan fingerprint density at radius 2 is 0.985 bits per heavy atom. The number of nitriles is 1. The Labute approximate surface area is 777 Å². The summed E-state index contributed by atoms with van der Waals surface area (Å²) in [6.45, 7) is 12.7. The maximum absolute atomic E-state index is 14.2. The molecule has 9 aromatic rings. The highest BCUT2D eigenvalue weighted by Crippen LogP contribution is 2.37. The lowest BCUT2D eigenvalue weighted by Crippen LogP contribution is -2.48. The Morgan fingerprint density at radius 3 is 1.49 bits per heavy atom. The first-order chi connectivity index (χ1) is 64.4. The quantitative estimate of drug-likeness (QED) is 0.0182. The molecule has 0 spiro atoms. The van der Waals surface area contributed by atoms with Crippen molar-refractivity contribution in [3.05, 3.63) is 190 Å². The van der Waals surface area contributed by atoms with Gasteiger partial charge in [-0.1, -0.05) is 53.6 Å². The molecule has 6 heterocycles. The molecule has 1 fully saturated rings. The molecule has 0 saturated heterocycles. The van der Waals surface area contributed by atoms with Gasteiger partial charge in [-0.05, 0) is 99.5 Å². The number of amides is 9. The fraction of sp³-hybridized carbons (Fsp3) is 0.467. The standard InChI is InChI=1S/C92H122ClN21O19/c1-61-9-15-65(16-10-61)62(2)101-56-71-21-22-77(133-71)73-52-72(74(93)53-78(73)124-8)87(118)103-68(49-63-11-13-64(54-94)14-12-63)55-102-67-19-17-66(18-20-67)95-30-33-125-35-37-127-39-41-129-43-45-131-47-48-132-46-44-130-42-40-128-38-36-126-34-31-96-81(115)23-26-100-90(121)85-108-79(59-113(85)6)106-82(116)24-27-99-89(120)76-51-70(58-112(76)5)105-92(123)86-109-80(60-114(86)7)107-83(117)25-28-98-88(119)75-50-69(57-111(75)4)104-91(122)84-97-29-32-110(84)3/h9-16,21-22,29,32,50-53,57-60,62,66-68,95,101-102H,17-20,23-28,30-31,33-49,55-56H2,1-8H3,(H,96,115)(H,98,119)(H,99,120)(H,100,121)(H,103,118)(H,104,122)(H,105,123)(H,106,116)(H,107,117)/t62-,66?,67?,68-/m1/s1. The molecule has 41 heteroatoms. The van der Waals surface area contributed by atoms with Crippen molar-refractivity contribution in [1.82, 2.24) is 80.3 Å². The van der Waals surface area contributed by atoms with Crippen molar-refractivity contribution in [2.75, 3.05) is 173 Å². The van der Waals surface area contributed by atoms with Gasteiger partial charge in [0.15, 0.2) is 17.5 Å². The van der Waals surface area contributed by atoms with Crippen molar-refractivity contribution < 1.29 is 90.2 Å². The highest BCUT2D eigenvalue weighted by Gasteiger charge is 2.28. The molecule has 0 unspecified atom stereocenters. The number of carbonyl (C=O) groups excluding carboxylic acids is 9. The molecule has 40 nitrogen and oxygen atoms in total. The number of benzene rings is 3. The predicted octanol–water partition coefficient (Wildman–Crippen LogP) is 6.44. The van der Waals surface area contributed by atoms with Gasteiger partial charge in [0.05, 0.1) is 159 Å². The molecule has 10 rings (SSSR count). The number of aryl methyl sites for hydroxylation is 6. The molecule has 0 radical (unpaired) electrons.